The van der Waals surface area contributed by atoms with Crippen molar-refractivity contribution in [1.29, 1.82) is 0 Å². The summed E-state index contributed by atoms with van der Waals surface area (Å²) in [5, 5.41) is 15.2. The van der Waals surface area contributed by atoms with E-state index in [0.29, 0.717) is 0 Å². The summed E-state index contributed by atoms with van der Waals surface area (Å²) in [6.45, 7) is 0. The molecule has 0 amide bonds. The van der Waals surface area contributed by atoms with Crippen LogP contribution in [0.3, 0.4) is 0 Å². The minimum Gasteiger partial charge on any atom is -0.0616 e. The van der Waals surface area contributed by atoms with Crippen molar-refractivity contribution >= 4 is 64.6 Å². The monoisotopic (exact) mass is 682 g/mol. The Morgan fingerprint density at radius 2 is 0.667 bits per heavy atom. The molecular weight excluding hydrogens is 649 g/mol. The summed E-state index contributed by atoms with van der Waals surface area (Å²) in [7, 11) is 0. The SMILES string of the molecule is c1ccc2c(-c3ccc(-c4ccc5ccc(-c6c7ccccc7c(-c7cc8ccccc8c8ccccc78)c7ccccc67)cc5c4)cc3)cccc2c1. The van der Waals surface area contributed by atoms with Crippen molar-refractivity contribution < 1.29 is 0 Å². The predicted octanol–water partition coefficient (Wildman–Crippen LogP) is 15.3. The highest BCUT2D eigenvalue weighted by atomic mass is 14.2. The second kappa shape index (κ2) is 12.3. The van der Waals surface area contributed by atoms with Crippen molar-refractivity contribution in [2.24, 2.45) is 0 Å². The second-order valence-corrected chi connectivity index (χ2v) is 14.4. The highest BCUT2D eigenvalue weighted by molar-refractivity contribution is 6.26. The Balaban J connectivity index is 1.08. The van der Waals surface area contributed by atoms with Crippen LogP contribution in [-0.2, 0) is 0 Å². The van der Waals surface area contributed by atoms with Crippen LogP contribution in [0.5, 0.6) is 0 Å². The van der Waals surface area contributed by atoms with Gasteiger partial charge in [0.2, 0.25) is 0 Å². The number of rotatable bonds is 4. The van der Waals surface area contributed by atoms with Crippen LogP contribution in [0.25, 0.3) is 109 Å². The van der Waals surface area contributed by atoms with E-state index in [2.05, 4.69) is 206 Å². The largest absolute Gasteiger partial charge is 0.0616 e. The molecule has 0 aromatic heterocycles. The van der Waals surface area contributed by atoms with E-state index >= 15 is 0 Å². The van der Waals surface area contributed by atoms with E-state index in [0.717, 1.165) is 0 Å². The van der Waals surface area contributed by atoms with Gasteiger partial charge in [-0.1, -0.05) is 188 Å². The maximum atomic E-state index is 2.40. The molecule has 250 valence electrons. The highest BCUT2D eigenvalue weighted by Crippen LogP contribution is 2.47. The summed E-state index contributed by atoms with van der Waals surface area (Å²) in [5.74, 6) is 0. The van der Waals surface area contributed by atoms with Gasteiger partial charge < -0.3 is 0 Å². The Bertz CT molecular complexity index is 3190. The first-order valence-corrected chi connectivity index (χ1v) is 18.8. The van der Waals surface area contributed by atoms with E-state index in [1.165, 1.54) is 109 Å². The van der Waals surface area contributed by atoms with Gasteiger partial charge in [-0.3, -0.25) is 0 Å². The number of benzene rings is 11. The summed E-state index contributed by atoms with van der Waals surface area (Å²) < 4.78 is 0. The average Bonchev–Trinajstić information content (AvgIpc) is 3.25. The van der Waals surface area contributed by atoms with Crippen LogP contribution in [-0.4, -0.2) is 0 Å². The van der Waals surface area contributed by atoms with Crippen molar-refractivity contribution in [1.82, 2.24) is 0 Å². The lowest BCUT2D eigenvalue weighted by atomic mass is 9.83. The maximum absolute atomic E-state index is 2.40. The van der Waals surface area contributed by atoms with Crippen molar-refractivity contribution in [3.05, 3.63) is 206 Å². The van der Waals surface area contributed by atoms with Gasteiger partial charge in [-0.2, -0.15) is 0 Å². The fourth-order valence-electron chi connectivity index (χ4n) is 8.89. The molecule has 0 unspecified atom stereocenters. The average molecular weight is 683 g/mol. The molecule has 11 aromatic rings. The van der Waals surface area contributed by atoms with E-state index in [9.17, 15) is 0 Å². The Morgan fingerprint density at radius 1 is 0.185 bits per heavy atom. The topological polar surface area (TPSA) is 0 Å². The number of fused-ring (bicyclic) bond motifs is 7. The van der Waals surface area contributed by atoms with Gasteiger partial charge in [0.15, 0.2) is 0 Å². The van der Waals surface area contributed by atoms with Gasteiger partial charge in [0.1, 0.15) is 0 Å². The molecule has 0 aliphatic heterocycles. The fraction of sp³-hybridized carbons (Fsp3) is 0. The molecule has 0 aliphatic rings. The Kier molecular flexibility index (Phi) is 6.97. The van der Waals surface area contributed by atoms with Crippen LogP contribution in [0.2, 0.25) is 0 Å². The Labute approximate surface area is 314 Å². The van der Waals surface area contributed by atoms with E-state index in [1.54, 1.807) is 0 Å². The fourth-order valence-corrected chi connectivity index (χ4v) is 8.89. The summed E-state index contributed by atoms with van der Waals surface area (Å²) in [6, 6.07) is 76.1. The molecule has 11 aromatic carbocycles. The van der Waals surface area contributed by atoms with Crippen LogP contribution in [0.4, 0.5) is 0 Å². The minimum absolute atomic E-state index is 1.22. The molecule has 0 heterocycles. The van der Waals surface area contributed by atoms with Crippen LogP contribution in [0.15, 0.2) is 206 Å². The molecule has 0 fully saturated rings. The van der Waals surface area contributed by atoms with Crippen molar-refractivity contribution in [3.8, 4) is 44.5 Å². The minimum atomic E-state index is 1.22. The lowest BCUT2D eigenvalue weighted by Gasteiger charge is -2.20. The van der Waals surface area contributed by atoms with Gasteiger partial charge in [0.05, 0.1) is 0 Å². The van der Waals surface area contributed by atoms with Gasteiger partial charge >= 0.3 is 0 Å². The molecule has 0 N–H and O–H groups in total. The van der Waals surface area contributed by atoms with Gasteiger partial charge in [-0.05, 0) is 127 Å². The summed E-state index contributed by atoms with van der Waals surface area (Å²) >= 11 is 0. The van der Waals surface area contributed by atoms with E-state index in [-0.39, 0.29) is 0 Å². The van der Waals surface area contributed by atoms with E-state index in [4.69, 9.17) is 0 Å². The molecule has 0 saturated carbocycles. The number of hydrogen-bond acceptors (Lipinski definition) is 0. The summed E-state index contributed by atoms with van der Waals surface area (Å²) in [5.41, 5.74) is 10.0. The molecular formula is C54H34. The van der Waals surface area contributed by atoms with Gasteiger partial charge in [0.25, 0.3) is 0 Å². The summed E-state index contributed by atoms with van der Waals surface area (Å²) in [4.78, 5) is 0. The summed E-state index contributed by atoms with van der Waals surface area (Å²) in [6.07, 6.45) is 0. The first kappa shape index (κ1) is 30.6. The molecule has 0 aliphatic carbocycles. The zero-order valence-electron chi connectivity index (χ0n) is 29.6. The van der Waals surface area contributed by atoms with Crippen molar-refractivity contribution in [2.45, 2.75) is 0 Å². The maximum Gasteiger partial charge on any atom is -0.00199 e. The molecule has 0 nitrogen and oxygen atoms in total. The third-order valence-corrected chi connectivity index (χ3v) is 11.4. The van der Waals surface area contributed by atoms with Crippen molar-refractivity contribution in [3.63, 3.8) is 0 Å². The van der Waals surface area contributed by atoms with Crippen LogP contribution in [0.1, 0.15) is 0 Å². The Hall–Kier alpha value is -7.02. The van der Waals surface area contributed by atoms with Crippen LogP contribution >= 0.6 is 0 Å². The predicted molar refractivity (Wildman–Crippen MR) is 233 cm³/mol. The highest BCUT2D eigenvalue weighted by Gasteiger charge is 2.19. The molecule has 0 heteroatoms. The first-order chi connectivity index (χ1) is 26.8. The third kappa shape index (κ3) is 4.85. The molecule has 0 bridgehead atoms. The zero-order valence-corrected chi connectivity index (χ0v) is 29.6. The number of hydrogen-bond donors (Lipinski definition) is 0. The smallest absolute Gasteiger partial charge is 0.00199 e. The molecule has 0 atom stereocenters. The standard InChI is InChI=1S/C54H34/c1-3-15-43-37(12-1)14-11-23-44(43)38-28-24-35(25-29-38)39-30-26-36-27-31-41(33-42(36)32-39)53-48-19-7-9-21-50(48)54(51-22-10-8-20-49(51)53)52-34-40-13-2-4-16-45(40)46-17-5-6-18-47(46)52/h1-34H. The lowest BCUT2D eigenvalue weighted by Crippen LogP contribution is -1.92. The molecule has 0 saturated heterocycles. The second-order valence-electron chi connectivity index (χ2n) is 14.4. The third-order valence-electron chi connectivity index (χ3n) is 11.4. The molecule has 11 rings (SSSR count). The first-order valence-electron chi connectivity index (χ1n) is 18.8. The lowest BCUT2D eigenvalue weighted by molar-refractivity contribution is 1.62. The van der Waals surface area contributed by atoms with Gasteiger partial charge in [-0.15, -0.1) is 0 Å². The quantitative estimate of drug-likeness (QED) is 0.128. The van der Waals surface area contributed by atoms with E-state index < -0.39 is 0 Å². The molecule has 54 heavy (non-hydrogen) atoms. The zero-order chi connectivity index (χ0) is 35.6. The molecule has 0 radical (unpaired) electrons. The molecule has 0 spiro atoms. The normalized spacial score (nSPS) is 11.7. The van der Waals surface area contributed by atoms with E-state index in [1.807, 2.05) is 0 Å². The van der Waals surface area contributed by atoms with Gasteiger partial charge in [-0.25, -0.2) is 0 Å². The van der Waals surface area contributed by atoms with Crippen LogP contribution in [0, 0.1) is 0 Å². The van der Waals surface area contributed by atoms with Crippen molar-refractivity contribution in [2.75, 3.05) is 0 Å². The van der Waals surface area contributed by atoms with Crippen LogP contribution < -0.4 is 0 Å². The van der Waals surface area contributed by atoms with Gasteiger partial charge in [0, 0.05) is 0 Å². The Morgan fingerprint density at radius 3 is 1.37 bits per heavy atom.